The maximum Gasteiger partial charge on any atom is 0.159 e. The predicted octanol–water partition coefficient (Wildman–Crippen LogP) is 3.22. The average Bonchev–Trinajstić information content (AvgIpc) is 2.73. The summed E-state index contributed by atoms with van der Waals surface area (Å²) in [7, 11) is 0. The van der Waals surface area contributed by atoms with Crippen molar-refractivity contribution in [3.05, 3.63) is 0 Å². The fraction of sp³-hybridized carbons (Fsp3) is 0.909. The molecule has 1 aliphatic rings. The Bertz CT molecular complexity index is 221. The highest BCUT2D eigenvalue weighted by Crippen LogP contribution is 2.25. The number of rotatable bonds is 5. The van der Waals surface area contributed by atoms with Gasteiger partial charge in [-0.05, 0) is 12.8 Å². The van der Waals surface area contributed by atoms with E-state index in [4.69, 9.17) is 0 Å². The summed E-state index contributed by atoms with van der Waals surface area (Å²) in [6, 6.07) is 0. The molecule has 2 atom stereocenters. The summed E-state index contributed by atoms with van der Waals surface area (Å²) in [5.74, 6) is 0.760. The van der Waals surface area contributed by atoms with E-state index in [1.54, 1.807) is 0 Å². The minimum Gasteiger partial charge on any atom is -0.351 e. The van der Waals surface area contributed by atoms with E-state index in [-0.39, 0.29) is 0 Å². The van der Waals surface area contributed by atoms with Crippen LogP contribution in [0.4, 0.5) is 0 Å². The maximum atomic E-state index is 4.62. The lowest BCUT2D eigenvalue weighted by Gasteiger charge is -2.25. The maximum absolute atomic E-state index is 4.62. The van der Waals surface area contributed by atoms with Crippen molar-refractivity contribution in [1.82, 2.24) is 4.90 Å². The van der Waals surface area contributed by atoms with Gasteiger partial charge < -0.3 is 4.90 Å². The summed E-state index contributed by atoms with van der Waals surface area (Å²) in [6.45, 7) is 9.97. The van der Waals surface area contributed by atoms with Gasteiger partial charge in [-0.25, -0.2) is 0 Å². The highest BCUT2D eigenvalue weighted by molar-refractivity contribution is 9.09. The lowest BCUT2D eigenvalue weighted by Crippen LogP contribution is -2.32. The van der Waals surface area contributed by atoms with Crippen LogP contribution in [0.2, 0.25) is 0 Å². The quantitative estimate of drug-likeness (QED) is 0.723. The van der Waals surface area contributed by atoms with Gasteiger partial charge in [0.05, 0.1) is 6.54 Å². The minimum atomic E-state index is 0.644. The zero-order chi connectivity index (χ0) is 11.3. The first kappa shape index (κ1) is 13.4. The smallest absolute Gasteiger partial charge is 0.159 e. The molecule has 4 heteroatoms. The van der Waals surface area contributed by atoms with Crippen LogP contribution in [0.15, 0.2) is 4.99 Å². The summed E-state index contributed by atoms with van der Waals surface area (Å²) < 4.78 is 0. The van der Waals surface area contributed by atoms with Crippen molar-refractivity contribution >= 4 is 32.9 Å². The van der Waals surface area contributed by atoms with Gasteiger partial charge in [-0.3, -0.25) is 4.99 Å². The van der Waals surface area contributed by atoms with E-state index >= 15 is 0 Å². The van der Waals surface area contributed by atoms with Gasteiger partial charge in [0.2, 0.25) is 0 Å². The van der Waals surface area contributed by atoms with Crippen LogP contribution in [0.5, 0.6) is 0 Å². The Hall–Kier alpha value is 0.300. The molecule has 0 amide bonds. The van der Waals surface area contributed by atoms with E-state index in [0.717, 1.165) is 30.9 Å². The van der Waals surface area contributed by atoms with Gasteiger partial charge >= 0.3 is 0 Å². The normalized spacial score (nSPS) is 22.7. The largest absolute Gasteiger partial charge is 0.351 e. The molecular weight excluding hydrogens is 272 g/mol. The van der Waals surface area contributed by atoms with Crippen LogP contribution < -0.4 is 0 Å². The van der Waals surface area contributed by atoms with Crippen molar-refractivity contribution in [2.45, 2.75) is 32.4 Å². The van der Waals surface area contributed by atoms with Crippen LogP contribution in [-0.4, -0.2) is 40.3 Å². The number of nitrogens with zero attached hydrogens (tertiary/aromatic N) is 2. The van der Waals surface area contributed by atoms with Crippen molar-refractivity contribution in [2.24, 2.45) is 10.9 Å². The van der Waals surface area contributed by atoms with Gasteiger partial charge in [-0.2, -0.15) is 0 Å². The second kappa shape index (κ2) is 6.79. The Morgan fingerprint density at radius 1 is 1.60 bits per heavy atom. The average molecular weight is 293 g/mol. The zero-order valence-corrected chi connectivity index (χ0v) is 12.3. The number of halogens is 1. The van der Waals surface area contributed by atoms with Gasteiger partial charge in [0, 0.05) is 23.7 Å². The lowest BCUT2D eigenvalue weighted by molar-refractivity contribution is 0.364. The molecule has 88 valence electrons. The van der Waals surface area contributed by atoms with Gasteiger partial charge in [-0.1, -0.05) is 48.0 Å². The lowest BCUT2D eigenvalue weighted by atomic mass is 10.1. The van der Waals surface area contributed by atoms with E-state index in [1.165, 1.54) is 11.6 Å². The number of hydrogen-bond acceptors (Lipinski definition) is 3. The Morgan fingerprint density at radius 3 is 2.80 bits per heavy atom. The van der Waals surface area contributed by atoms with E-state index in [2.05, 4.69) is 46.6 Å². The van der Waals surface area contributed by atoms with Crippen LogP contribution in [0.1, 0.15) is 27.2 Å². The van der Waals surface area contributed by atoms with Crippen molar-refractivity contribution < 1.29 is 0 Å². The molecule has 0 aromatic heterocycles. The Kier molecular flexibility index (Phi) is 6.05. The van der Waals surface area contributed by atoms with E-state index in [9.17, 15) is 0 Å². The molecule has 0 radical (unpaired) electrons. The van der Waals surface area contributed by atoms with Crippen molar-refractivity contribution in [1.29, 1.82) is 0 Å². The molecular formula is C11H21BrN2S. The van der Waals surface area contributed by atoms with E-state index in [1.807, 2.05) is 11.8 Å². The summed E-state index contributed by atoms with van der Waals surface area (Å²) in [6.07, 6.45) is 1.25. The molecule has 0 N–H and O–H groups in total. The molecule has 1 aliphatic heterocycles. The molecule has 1 heterocycles. The molecule has 2 nitrogen and oxygen atoms in total. The molecule has 0 aromatic carbocycles. The summed E-state index contributed by atoms with van der Waals surface area (Å²) in [4.78, 5) is 7.04. The molecule has 0 bridgehead atoms. The second-order valence-corrected chi connectivity index (χ2v) is 5.98. The molecule has 0 aliphatic carbocycles. The molecule has 0 saturated heterocycles. The molecule has 15 heavy (non-hydrogen) atoms. The molecule has 0 spiro atoms. The Balaban J connectivity index is 2.45. The number of amidine groups is 1. The SMILES string of the molecule is CCC(C)CN(CC)C1=NCC(CBr)S1. The van der Waals surface area contributed by atoms with E-state index < -0.39 is 0 Å². The van der Waals surface area contributed by atoms with Gasteiger partial charge in [0.15, 0.2) is 5.17 Å². The molecule has 1 rings (SSSR count). The topological polar surface area (TPSA) is 15.6 Å². The van der Waals surface area contributed by atoms with Crippen LogP contribution in [0.3, 0.4) is 0 Å². The molecule has 0 fully saturated rings. The number of aliphatic imine (C=N–C) groups is 1. The van der Waals surface area contributed by atoms with Crippen LogP contribution in [-0.2, 0) is 0 Å². The highest BCUT2D eigenvalue weighted by Gasteiger charge is 2.22. The van der Waals surface area contributed by atoms with Gasteiger partial charge in [0.25, 0.3) is 0 Å². The molecule has 2 unspecified atom stereocenters. The molecule has 0 aromatic rings. The number of hydrogen-bond donors (Lipinski definition) is 0. The van der Waals surface area contributed by atoms with Gasteiger partial charge in [-0.15, -0.1) is 0 Å². The van der Waals surface area contributed by atoms with Crippen LogP contribution in [0.25, 0.3) is 0 Å². The second-order valence-electron chi connectivity index (χ2n) is 4.07. The minimum absolute atomic E-state index is 0.644. The Labute approximate surface area is 106 Å². The van der Waals surface area contributed by atoms with Crippen molar-refractivity contribution in [2.75, 3.05) is 25.0 Å². The first-order valence-electron chi connectivity index (χ1n) is 5.73. The standard InChI is InChI=1S/C11H21BrN2S/c1-4-9(3)8-14(5-2)11-13-7-10(6-12)15-11/h9-10H,4-8H2,1-3H3. The third-order valence-electron chi connectivity index (χ3n) is 2.76. The van der Waals surface area contributed by atoms with E-state index in [0.29, 0.717) is 5.25 Å². The third-order valence-corrected chi connectivity index (χ3v) is 5.21. The highest BCUT2D eigenvalue weighted by atomic mass is 79.9. The summed E-state index contributed by atoms with van der Waals surface area (Å²) in [5.41, 5.74) is 0. The monoisotopic (exact) mass is 292 g/mol. The third kappa shape index (κ3) is 3.99. The van der Waals surface area contributed by atoms with Crippen LogP contribution in [0, 0.1) is 5.92 Å². The number of thioether (sulfide) groups is 1. The van der Waals surface area contributed by atoms with Crippen molar-refractivity contribution in [3.8, 4) is 0 Å². The zero-order valence-electron chi connectivity index (χ0n) is 9.87. The molecule has 0 saturated carbocycles. The first-order valence-corrected chi connectivity index (χ1v) is 7.73. The Morgan fingerprint density at radius 2 is 2.33 bits per heavy atom. The van der Waals surface area contributed by atoms with Crippen molar-refractivity contribution in [3.63, 3.8) is 0 Å². The predicted molar refractivity (Wildman–Crippen MR) is 74.2 cm³/mol. The first-order chi connectivity index (χ1) is 7.21. The van der Waals surface area contributed by atoms with Crippen LogP contribution >= 0.6 is 27.7 Å². The number of alkyl halides is 1. The fourth-order valence-electron chi connectivity index (χ4n) is 1.51. The summed E-state index contributed by atoms with van der Waals surface area (Å²) in [5, 5.41) is 2.94. The summed E-state index contributed by atoms with van der Waals surface area (Å²) >= 11 is 5.45. The van der Waals surface area contributed by atoms with Gasteiger partial charge in [0.1, 0.15) is 0 Å². The fourth-order valence-corrected chi connectivity index (χ4v) is 3.12.